The Hall–Kier alpha value is -1.55. The fraction of sp³-hybridized carbons (Fsp3) is 0. The molecule has 0 bridgehead atoms. The van der Waals surface area contributed by atoms with E-state index in [2.05, 4.69) is 32.3 Å². The van der Waals surface area contributed by atoms with Crippen LogP contribution >= 0.6 is 22.6 Å². The summed E-state index contributed by atoms with van der Waals surface area (Å²) < 4.78 is 27.3. The smallest absolute Gasteiger partial charge is 0.352 e. The molecule has 0 aliphatic heterocycles. The third-order valence-electron chi connectivity index (χ3n) is 2.29. The number of carboxylic acids is 1. The largest absolute Gasteiger partial charge is 0.477 e. The normalized spacial score (nSPS) is 11.2. The minimum atomic E-state index is -3.79. The molecule has 0 aliphatic carbocycles. The quantitative estimate of drug-likeness (QED) is 0.695. The average molecular weight is 392 g/mol. The van der Waals surface area contributed by atoms with Crippen LogP contribution in [0.15, 0.2) is 41.4 Å². The van der Waals surface area contributed by atoms with Crippen molar-refractivity contribution in [2.45, 2.75) is 4.90 Å². The number of aromatic amines is 1. The second kappa shape index (κ2) is 5.21. The van der Waals surface area contributed by atoms with Gasteiger partial charge >= 0.3 is 5.97 Å². The predicted molar refractivity (Wildman–Crippen MR) is 77.7 cm³/mol. The molecule has 0 fully saturated rings. The van der Waals surface area contributed by atoms with E-state index in [0.29, 0.717) is 5.69 Å². The molecule has 0 aliphatic rings. The number of sulfonamides is 1. The van der Waals surface area contributed by atoms with Gasteiger partial charge in [-0.3, -0.25) is 4.72 Å². The summed E-state index contributed by atoms with van der Waals surface area (Å²) in [7, 11) is -3.79. The van der Waals surface area contributed by atoms with Crippen LogP contribution in [-0.2, 0) is 10.0 Å². The van der Waals surface area contributed by atoms with E-state index in [1.165, 1.54) is 0 Å². The molecule has 100 valence electrons. The van der Waals surface area contributed by atoms with E-state index in [4.69, 9.17) is 5.11 Å². The summed E-state index contributed by atoms with van der Waals surface area (Å²) in [6, 6.07) is 7.85. The SMILES string of the molecule is O=C(O)c1cc(S(=O)(=O)Nc2ccc(I)cc2)c[nH]1. The number of H-pyrrole nitrogens is 1. The lowest BCUT2D eigenvalue weighted by atomic mass is 10.3. The molecule has 0 spiro atoms. The maximum Gasteiger partial charge on any atom is 0.352 e. The zero-order valence-electron chi connectivity index (χ0n) is 9.42. The molecule has 0 saturated heterocycles. The van der Waals surface area contributed by atoms with Crippen LogP contribution in [0.5, 0.6) is 0 Å². The molecule has 2 rings (SSSR count). The first-order chi connectivity index (χ1) is 8.88. The van der Waals surface area contributed by atoms with E-state index in [9.17, 15) is 13.2 Å². The average Bonchev–Trinajstić information content (AvgIpc) is 2.82. The zero-order valence-corrected chi connectivity index (χ0v) is 12.4. The highest BCUT2D eigenvalue weighted by Crippen LogP contribution is 2.18. The van der Waals surface area contributed by atoms with Gasteiger partial charge in [0.2, 0.25) is 0 Å². The molecular weight excluding hydrogens is 383 g/mol. The van der Waals surface area contributed by atoms with Crippen molar-refractivity contribution in [2.75, 3.05) is 4.72 Å². The van der Waals surface area contributed by atoms with Gasteiger partial charge in [0.1, 0.15) is 10.6 Å². The van der Waals surface area contributed by atoms with Crippen LogP contribution in [0.3, 0.4) is 0 Å². The van der Waals surface area contributed by atoms with Crippen LogP contribution in [0.25, 0.3) is 0 Å². The van der Waals surface area contributed by atoms with Crippen molar-refractivity contribution in [2.24, 2.45) is 0 Å². The van der Waals surface area contributed by atoms with Gasteiger partial charge in [-0.1, -0.05) is 0 Å². The van der Waals surface area contributed by atoms with Crippen molar-refractivity contribution in [3.63, 3.8) is 0 Å². The summed E-state index contributed by atoms with van der Waals surface area (Å²) in [6.45, 7) is 0. The molecule has 8 heteroatoms. The van der Waals surface area contributed by atoms with E-state index < -0.39 is 16.0 Å². The summed E-state index contributed by atoms with van der Waals surface area (Å²) in [5.41, 5.74) is 0.237. The monoisotopic (exact) mass is 392 g/mol. The molecule has 0 atom stereocenters. The van der Waals surface area contributed by atoms with Crippen molar-refractivity contribution < 1.29 is 18.3 Å². The van der Waals surface area contributed by atoms with Gasteiger partial charge in [-0.25, -0.2) is 13.2 Å². The van der Waals surface area contributed by atoms with Crippen molar-refractivity contribution in [3.8, 4) is 0 Å². The molecule has 2 aromatic rings. The first-order valence-electron chi connectivity index (χ1n) is 5.08. The Bertz CT molecular complexity index is 707. The summed E-state index contributed by atoms with van der Waals surface area (Å²) in [5.74, 6) is -1.21. The van der Waals surface area contributed by atoms with E-state index in [0.717, 1.165) is 15.8 Å². The number of benzene rings is 1. The third-order valence-corrected chi connectivity index (χ3v) is 4.37. The Morgan fingerprint density at radius 2 is 1.89 bits per heavy atom. The molecule has 6 nitrogen and oxygen atoms in total. The van der Waals surface area contributed by atoms with Crippen molar-refractivity contribution in [3.05, 3.63) is 45.8 Å². The number of aromatic nitrogens is 1. The Labute approximate surface area is 123 Å². The third kappa shape index (κ3) is 3.26. The lowest BCUT2D eigenvalue weighted by Gasteiger charge is -2.06. The molecular formula is C11H9IN2O4S. The van der Waals surface area contributed by atoms with Crippen LogP contribution in [0.2, 0.25) is 0 Å². The topological polar surface area (TPSA) is 99.3 Å². The van der Waals surface area contributed by atoms with Crippen LogP contribution < -0.4 is 4.72 Å². The van der Waals surface area contributed by atoms with Gasteiger partial charge in [0.25, 0.3) is 10.0 Å². The van der Waals surface area contributed by atoms with Gasteiger partial charge in [0, 0.05) is 15.5 Å². The highest BCUT2D eigenvalue weighted by molar-refractivity contribution is 14.1. The van der Waals surface area contributed by atoms with Crippen LogP contribution in [-0.4, -0.2) is 24.5 Å². The first-order valence-corrected chi connectivity index (χ1v) is 7.65. The highest BCUT2D eigenvalue weighted by atomic mass is 127. The van der Waals surface area contributed by atoms with E-state index in [-0.39, 0.29) is 10.6 Å². The van der Waals surface area contributed by atoms with E-state index in [1.54, 1.807) is 24.3 Å². The number of hydrogen-bond donors (Lipinski definition) is 3. The summed E-state index contributed by atoms with van der Waals surface area (Å²) in [5, 5.41) is 8.74. The molecule has 3 N–H and O–H groups in total. The number of carboxylic acid groups (broad SMARTS) is 1. The Kier molecular flexibility index (Phi) is 3.80. The second-order valence-corrected chi connectivity index (χ2v) is 6.59. The fourth-order valence-electron chi connectivity index (χ4n) is 1.39. The maximum atomic E-state index is 12.0. The Morgan fingerprint density at radius 3 is 2.42 bits per heavy atom. The Balaban J connectivity index is 2.26. The molecule has 1 aromatic carbocycles. The van der Waals surface area contributed by atoms with Crippen LogP contribution in [0.4, 0.5) is 5.69 Å². The number of rotatable bonds is 4. The molecule has 19 heavy (non-hydrogen) atoms. The maximum absolute atomic E-state index is 12.0. The second-order valence-electron chi connectivity index (χ2n) is 3.67. The minimum Gasteiger partial charge on any atom is -0.477 e. The van der Waals surface area contributed by atoms with Gasteiger partial charge in [-0.05, 0) is 52.9 Å². The number of carbonyl (C=O) groups is 1. The van der Waals surface area contributed by atoms with Gasteiger partial charge in [-0.2, -0.15) is 0 Å². The van der Waals surface area contributed by atoms with Gasteiger partial charge < -0.3 is 10.1 Å². The molecule has 0 amide bonds. The zero-order chi connectivity index (χ0) is 14.0. The van der Waals surface area contributed by atoms with Gasteiger partial charge in [-0.15, -0.1) is 0 Å². The lowest BCUT2D eigenvalue weighted by molar-refractivity contribution is 0.0691. The number of hydrogen-bond acceptors (Lipinski definition) is 3. The standard InChI is InChI=1S/C11H9IN2O4S/c12-7-1-3-8(4-2-7)14-19(17,18)9-5-10(11(15)16)13-6-9/h1-6,13-14H,(H,15,16). The summed E-state index contributed by atoms with van der Waals surface area (Å²) >= 11 is 2.11. The fourth-order valence-corrected chi connectivity index (χ4v) is 2.80. The van der Waals surface area contributed by atoms with Crippen molar-refractivity contribution >= 4 is 44.3 Å². The molecule has 0 unspecified atom stereocenters. The molecule has 0 radical (unpaired) electrons. The molecule has 0 saturated carbocycles. The van der Waals surface area contributed by atoms with Crippen molar-refractivity contribution in [1.29, 1.82) is 0 Å². The summed E-state index contributed by atoms with van der Waals surface area (Å²) in [6.07, 6.45) is 1.14. The number of halogens is 1. The Morgan fingerprint density at radius 1 is 1.26 bits per heavy atom. The minimum absolute atomic E-state index is 0.122. The van der Waals surface area contributed by atoms with Crippen LogP contribution in [0.1, 0.15) is 10.5 Å². The molecule has 1 heterocycles. The number of nitrogens with one attached hydrogen (secondary N) is 2. The lowest BCUT2D eigenvalue weighted by Crippen LogP contribution is -2.12. The number of aromatic carboxylic acids is 1. The van der Waals surface area contributed by atoms with E-state index >= 15 is 0 Å². The number of anilines is 1. The van der Waals surface area contributed by atoms with Gasteiger partial charge in [0.15, 0.2) is 0 Å². The highest BCUT2D eigenvalue weighted by Gasteiger charge is 2.18. The first kappa shape index (κ1) is 13.9. The summed E-state index contributed by atoms with van der Waals surface area (Å²) in [4.78, 5) is 13.0. The molecule has 1 aromatic heterocycles. The van der Waals surface area contributed by atoms with Crippen molar-refractivity contribution in [1.82, 2.24) is 4.98 Å². The van der Waals surface area contributed by atoms with Gasteiger partial charge in [0.05, 0.1) is 0 Å². The van der Waals surface area contributed by atoms with E-state index in [1.807, 2.05) is 0 Å². The predicted octanol–water partition coefficient (Wildman–Crippen LogP) is 2.12. The van der Waals surface area contributed by atoms with Crippen LogP contribution in [0, 0.1) is 3.57 Å².